The lowest BCUT2D eigenvalue weighted by atomic mass is 10.3. The lowest BCUT2D eigenvalue weighted by Gasteiger charge is -2.05. The summed E-state index contributed by atoms with van der Waals surface area (Å²) in [5.41, 5.74) is 2.13. The van der Waals surface area contributed by atoms with E-state index in [1.807, 2.05) is 0 Å². The summed E-state index contributed by atoms with van der Waals surface area (Å²) in [6.45, 7) is -0.103. The molecule has 1 rings (SSSR count). The van der Waals surface area contributed by atoms with E-state index < -0.39 is 0 Å². The van der Waals surface area contributed by atoms with Crippen LogP contribution in [0.3, 0.4) is 0 Å². The summed E-state index contributed by atoms with van der Waals surface area (Å²) in [6, 6.07) is 6.81. The fraction of sp³-hybridized carbons (Fsp3) is 0.222. The number of hydrogen-bond acceptors (Lipinski definition) is 3. The molecule has 0 atom stereocenters. The van der Waals surface area contributed by atoms with Crippen molar-refractivity contribution >= 4 is 17.5 Å². The van der Waals surface area contributed by atoms with Gasteiger partial charge in [0.1, 0.15) is 5.75 Å². The third kappa shape index (κ3) is 3.64. The van der Waals surface area contributed by atoms with Crippen LogP contribution in [0.5, 0.6) is 5.75 Å². The lowest BCUT2D eigenvalue weighted by molar-refractivity contribution is -0.133. The minimum absolute atomic E-state index is 0.103. The van der Waals surface area contributed by atoms with Gasteiger partial charge in [-0.15, -0.1) is 0 Å². The van der Waals surface area contributed by atoms with Gasteiger partial charge in [-0.1, -0.05) is 17.7 Å². The molecule has 0 radical (unpaired) electrons. The summed E-state index contributed by atoms with van der Waals surface area (Å²) in [6.07, 6.45) is 0. The average molecular weight is 216 g/mol. The van der Waals surface area contributed by atoms with E-state index in [4.69, 9.17) is 16.3 Å². The fourth-order valence-electron chi connectivity index (χ4n) is 0.849. The highest BCUT2D eigenvalue weighted by atomic mass is 35.5. The van der Waals surface area contributed by atoms with Crippen molar-refractivity contribution in [3.05, 3.63) is 29.3 Å². The number of halogens is 1. The monoisotopic (exact) mass is 215 g/mol. The third-order valence-electron chi connectivity index (χ3n) is 1.38. The molecule has 1 aromatic carbocycles. The van der Waals surface area contributed by atoms with Gasteiger partial charge in [-0.3, -0.25) is 9.63 Å². The van der Waals surface area contributed by atoms with Gasteiger partial charge in [-0.25, -0.2) is 5.48 Å². The van der Waals surface area contributed by atoms with E-state index in [2.05, 4.69) is 10.3 Å². The number of benzene rings is 1. The maximum atomic E-state index is 10.9. The molecule has 0 bridgehead atoms. The molecule has 1 N–H and O–H groups in total. The van der Waals surface area contributed by atoms with E-state index in [9.17, 15) is 4.79 Å². The highest BCUT2D eigenvalue weighted by Crippen LogP contribution is 2.16. The van der Waals surface area contributed by atoms with Crippen LogP contribution in [0, 0.1) is 0 Å². The number of carbonyl (C=O) groups excluding carboxylic acids is 1. The van der Waals surface area contributed by atoms with Gasteiger partial charge >= 0.3 is 0 Å². The largest absolute Gasteiger partial charge is 0.484 e. The highest BCUT2D eigenvalue weighted by molar-refractivity contribution is 6.30. The smallest absolute Gasteiger partial charge is 0.281 e. The van der Waals surface area contributed by atoms with Crippen LogP contribution >= 0.6 is 11.6 Å². The second kappa shape index (κ2) is 5.47. The molecule has 0 spiro atoms. The molecule has 0 aromatic heterocycles. The molecule has 76 valence electrons. The highest BCUT2D eigenvalue weighted by Gasteiger charge is 2.01. The summed E-state index contributed by atoms with van der Waals surface area (Å²) in [5.74, 6) is 0.191. The first-order chi connectivity index (χ1) is 6.72. The second-order valence-electron chi connectivity index (χ2n) is 2.48. The van der Waals surface area contributed by atoms with Crippen LogP contribution in [-0.4, -0.2) is 19.6 Å². The van der Waals surface area contributed by atoms with E-state index >= 15 is 0 Å². The first kappa shape index (κ1) is 10.8. The molecule has 0 heterocycles. The quantitative estimate of drug-likeness (QED) is 0.773. The minimum Gasteiger partial charge on any atom is -0.484 e. The van der Waals surface area contributed by atoms with Crippen LogP contribution in [0.25, 0.3) is 0 Å². The van der Waals surface area contributed by atoms with E-state index in [-0.39, 0.29) is 12.5 Å². The molecule has 0 unspecified atom stereocenters. The maximum Gasteiger partial charge on any atom is 0.281 e. The van der Waals surface area contributed by atoms with Gasteiger partial charge in [-0.05, 0) is 18.2 Å². The third-order valence-corrected chi connectivity index (χ3v) is 1.62. The van der Waals surface area contributed by atoms with Gasteiger partial charge in [0.2, 0.25) is 0 Å². The number of amides is 1. The first-order valence-electron chi connectivity index (χ1n) is 3.92. The molecule has 5 heteroatoms. The summed E-state index contributed by atoms with van der Waals surface area (Å²) in [7, 11) is 1.36. The topological polar surface area (TPSA) is 47.6 Å². The predicted molar refractivity (Wildman–Crippen MR) is 52.1 cm³/mol. The first-order valence-corrected chi connectivity index (χ1v) is 4.30. The Morgan fingerprint density at radius 3 is 3.00 bits per heavy atom. The summed E-state index contributed by atoms with van der Waals surface area (Å²) in [4.78, 5) is 15.3. The average Bonchev–Trinajstić information content (AvgIpc) is 2.15. The number of hydrogen-bond donors (Lipinski definition) is 1. The Morgan fingerprint density at radius 1 is 1.57 bits per heavy atom. The van der Waals surface area contributed by atoms with Crippen LogP contribution in [0.4, 0.5) is 0 Å². The van der Waals surface area contributed by atoms with Gasteiger partial charge in [0.25, 0.3) is 5.91 Å². The van der Waals surface area contributed by atoms with Gasteiger partial charge in [0, 0.05) is 5.02 Å². The molecule has 0 aliphatic carbocycles. The van der Waals surface area contributed by atoms with Crippen molar-refractivity contribution in [1.82, 2.24) is 5.48 Å². The predicted octanol–water partition coefficient (Wildman–Crippen LogP) is 1.40. The number of nitrogens with one attached hydrogen (secondary N) is 1. The van der Waals surface area contributed by atoms with Gasteiger partial charge in [0.05, 0.1) is 7.11 Å². The SMILES string of the molecule is CONC(=O)COc1cccc(Cl)c1. The van der Waals surface area contributed by atoms with Crippen molar-refractivity contribution in [2.45, 2.75) is 0 Å². The summed E-state index contributed by atoms with van der Waals surface area (Å²) >= 11 is 5.72. The van der Waals surface area contributed by atoms with Crippen molar-refractivity contribution in [1.29, 1.82) is 0 Å². The molecule has 1 aromatic rings. The van der Waals surface area contributed by atoms with Gasteiger partial charge in [-0.2, -0.15) is 0 Å². The summed E-state index contributed by atoms with van der Waals surface area (Å²) < 4.78 is 5.12. The molecular weight excluding hydrogens is 206 g/mol. The van der Waals surface area contributed by atoms with Crippen molar-refractivity contribution < 1.29 is 14.4 Å². The van der Waals surface area contributed by atoms with Crippen molar-refractivity contribution in [2.24, 2.45) is 0 Å². The van der Waals surface area contributed by atoms with Crippen LogP contribution in [0.1, 0.15) is 0 Å². The van der Waals surface area contributed by atoms with Gasteiger partial charge in [0.15, 0.2) is 6.61 Å². The molecule has 0 saturated heterocycles. The maximum absolute atomic E-state index is 10.9. The van der Waals surface area contributed by atoms with Crippen molar-refractivity contribution in [3.63, 3.8) is 0 Å². The molecule has 0 saturated carbocycles. The zero-order valence-corrected chi connectivity index (χ0v) is 8.38. The molecule has 4 nitrogen and oxygen atoms in total. The standard InChI is InChI=1S/C9H10ClNO3/c1-13-11-9(12)6-14-8-4-2-3-7(10)5-8/h2-5H,6H2,1H3,(H,11,12). The zero-order valence-electron chi connectivity index (χ0n) is 7.62. The second-order valence-corrected chi connectivity index (χ2v) is 2.91. The Labute approximate surface area is 86.7 Å². The summed E-state index contributed by atoms with van der Waals surface area (Å²) in [5, 5.41) is 0.564. The molecule has 0 aliphatic heterocycles. The number of rotatable bonds is 4. The fourth-order valence-corrected chi connectivity index (χ4v) is 1.03. The zero-order chi connectivity index (χ0) is 10.4. The Morgan fingerprint density at radius 2 is 2.36 bits per heavy atom. The molecule has 0 aliphatic rings. The van der Waals surface area contributed by atoms with Crippen molar-refractivity contribution in [2.75, 3.05) is 13.7 Å². The number of carbonyl (C=O) groups is 1. The van der Waals surface area contributed by atoms with Crippen LogP contribution in [-0.2, 0) is 9.63 Å². The number of ether oxygens (including phenoxy) is 1. The molecule has 1 amide bonds. The van der Waals surface area contributed by atoms with E-state index in [1.54, 1.807) is 24.3 Å². The number of hydroxylamine groups is 1. The van der Waals surface area contributed by atoms with Crippen molar-refractivity contribution in [3.8, 4) is 5.75 Å². The molecule has 0 fully saturated rings. The Bertz CT molecular complexity index is 317. The van der Waals surface area contributed by atoms with Crippen LogP contribution in [0.2, 0.25) is 5.02 Å². The lowest BCUT2D eigenvalue weighted by Crippen LogP contribution is -2.27. The van der Waals surface area contributed by atoms with E-state index in [0.29, 0.717) is 10.8 Å². The Kier molecular flexibility index (Phi) is 4.22. The van der Waals surface area contributed by atoms with E-state index in [0.717, 1.165) is 0 Å². The molecular formula is C9H10ClNO3. The minimum atomic E-state index is -0.354. The van der Waals surface area contributed by atoms with Gasteiger partial charge < -0.3 is 4.74 Å². The molecule has 14 heavy (non-hydrogen) atoms. The normalized spacial score (nSPS) is 9.57. The van der Waals surface area contributed by atoms with E-state index in [1.165, 1.54) is 7.11 Å². The Balaban J connectivity index is 2.41. The van der Waals surface area contributed by atoms with Crippen LogP contribution in [0.15, 0.2) is 24.3 Å². The Hall–Kier alpha value is -1.26. The van der Waals surface area contributed by atoms with Crippen LogP contribution < -0.4 is 10.2 Å².